The van der Waals surface area contributed by atoms with E-state index in [0.717, 1.165) is 5.52 Å². The number of aliphatic hydroxyl groups excluding tert-OH is 1. The van der Waals surface area contributed by atoms with Crippen molar-refractivity contribution in [2.45, 2.75) is 0 Å². The Bertz CT molecular complexity index is 560. The van der Waals surface area contributed by atoms with Crippen LogP contribution >= 0.6 is 0 Å². The molecule has 0 fully saturated rings. The molecule has 4 heteroatoms. The Kier molecular flexibility index (Phi) is 2.92. The maximum absolute atomic E-state index is 11.8. The molecule has 1 heterocycles. The highest BCUT2D eigenvalue weighted by Crippen LogP contribution is 2.15. The molecule has 16 heavy (non-hydrogen) atoms. The lowest BCUT2D eigenvalue weighted by Crippen LogP contribution is -2.12. The van der Waals surface area contributed by atoms with Gasteiger partial charge in [0.15, 0.2) is 11.3 Å². The Morgan fingerprint density at radius 1 is 1.38 bits per heavy atom. The zero-order valence-corrected chi connectivity index (χ0v) is 9.01. The minimum atomic E-state index is -0.0684. The minimum Gasteiger partial charge on any atom is -0.476 e. The quantitative estimate of drug-likeness (QED) is 0.834. The van der Waals surface area contributed by atoms with Gasteiger partial charge in [-0.1, -0.05) is 12.1 Å². The van der Waals surface area contributed by atoms with Gasteiger partial charge in [0.2, 0.25) is 0 Å². The van der Waals surface area contributed by atoms with Gasteiger partial charge in [-0.15, -0.1) is 0 Å². The summed E-state index contributed by atoms with van der Waals surface area (Å²) in [6.07, 6.45) is 0. The van der Waals surface area contributed by atoms with E-state index in [4.69, 9.17) is 9.84 Å². The summed E-state index contributed by atoms with van der Waals surface area (Å²) in [6, 6.07) is 8.80. The average molecular weight is 219 g/mol. The van der Waals surface area contributed by atoms with Crippen molar-refractivity contribution in [2.24, 2.45) is 7.05 Å². The highest BCUT2D eigenvalue weighted by Gasteiger charge is 2.05. The molecule has 0 saturated carbocycles. The molecule has 0 aliphatic rings. The number of pyridine rings is 1. The molecule has 0 unspecified atom stereocenters. The fourth-order valence-electron chi connectivity index (χ4n) is 1.67. The molecule has 0 spiro atoms. The van der Waals surface area contributed by atoms with Crippen molar-refractivity contribution < 1.29 is 9.84 Å². The molecule has 0 radical (unpaired) electrons. The highest BCUT2D eigenvalue weighted by atomic mass is 16.5. The monoisotopic (exact) mass is 219 g/mol. The van der Waals surface area contributed by atoms with E-state index < -0.39 is 0 Å². The van der Waals surface area contributed by atoms with Crippen molar-refractivity contribution in [3.8, 4) is 5.88 Å². The van der Waals surface area contributed by atoms with Crippen LogP contribution in [0.1, 0.15) is 0 Å². The van der Waals surface area contributed by atoms with Crippen LogP contribution in [0.2, 0.25) is 0 Å². The van der Waals surface area contributed by atoms with Gasteiger partial charge in [-0.05, 0) is 12.1 Å². The third kappa shape index (κ3) is 1.79. The predicted octanol–water partition coefficient (Wildman–Crippen LogP) is 0.910. The Morgan fingerprint density at radius 3 is 2.88 bits per heavy atom. The fourth-order valence-corrected chi connectivity index (χ4v) is 1.67. The van der Waals surface area contributed by atoms with E-state index in [9.17, 15) is 4.79 Å². The van der Waals surface area contributed by atoms with Gasteiger partial charge in [-0.25, -0.2) is 0 Å². The number of fused-ring (bicyclic) bond motifs is 1. The van der Waals surface area contributed by atoms with Crippen LogP contribution in [0.25, 0.3) is 10.9 Å². The summed E-state index contributed by atoms with van der Waals surface area (Å²) in [5.74, 6) is 0.470. The molecule has 1 aromatic heterocycles. The molecule has 0 atom stereocenters. The summed E-state index contributed by atoms with van der Waals surface area (Å²) in [4.78, 5) is 11.8. The number of aromatic nitrogens is 1. The van der Waals surface area contributed by atoms with Crippen LogP contribution in [-0.4, -0.2) is 22.9 Å². The first-order valence-corrected chi connectivity index (χ1v) is 5.06. The molecule has 0 saturated heterocycles. The third-order valence-corrected chi connectivity index (χ3v) is 2.46. The van der Waals surface area contributed by atoms with Crippen molar-refractivity contribution in [3.05, 3.63) is 40.6 Å². The number of nitrogens with zero attached hydrogens (tertiary/aromatic N) is 1. The maximum atomic E-state index is 11.8. The molecular formula is C12H13NO3. The molecule has 84 valence electrons. The number of ether oxygens (including phenoxy) is 1. The Balaban J connectivity index is 2.61. The second-order valence-corrected chi connectivity index (χ2v) is 3.50. The summed E-state index contributed by atoms with van der Waals surface area (Å²) in [6.45, 7) is 0.118. The Labute approximate surface area is 92.7 Å². The van der Waals surface area contributed by atoms with E-state index in [0.29, 0.717) is 11.3 Å². The van der Waals surface area contributed by atoms with E-state index in [-0.39, 0.29) is 18.6 Å². The average Bonchev–Trinajstić information content (AvgIpc) is 2.32. The third-order valence-electron chi connectivity index (χ3n) is 2.46. The summed E-state index contributed by atoms with van der Waals surface area (Å²) in [5.41, 5.74) is 0.754. The maximum Gasteiger partial charge on any atom is 0.197 e. The van der Waals surface area contributed by atoms with Crippen LogP contribution in [-0.2, 0) is 7.05 Å². The van der Waals surface area contributed by atoms with E-state index in [1.54, 1.807) is 10.6 Å². The lowest BCUT2D eigenvalue weighted by Gasteiger charge is -2.12. The second-order valence-electron chi connectivity index (χ2n) is 3.50. The molecule has 0 amide bonds. The standard InChI is InChI=1S/C12H13NO3/c1-13-10-5-3-2-4-9(10)11(15)8-12(13)16-7-6-14/h2-5,8,14H,6-7H2,1H3. The van der Waals surface area contributed by atoms with E-state index in [1.165, 1.54) is 6.07 Å². The van der Waals surface area contributed by atoms with Crippen LogP contribution in [0.15, 0.2) is 35.1 Å². The van der Waals surface area contributed by atoms with Crippen LogP contribution in [0, 0.1) is 0 Å². The van der Waals surface area contributed by atoms with Crippen molar-refractivity contribution in [1.29, 1.82) is 0 Å². The van der Waals surface area contributed by atoms with Crippen LogP contribution in [0.4, 0.5) is 0 Å². The van der Waals surface area contributed by atoms with Crippen LogP contribution < -0.4 is 10.2 Å². The van der Waals surface area contributed by atoms with Gasteiger partial charge in [-0.2, -0.15) is 0 Å². The lowest BCUT2D eigenvalue weighted by atomic mass is 10.2. The zero-order valence-electron chi connectivity index (χ0n) is 9.01. The molecule has 1 N–H and O–H groups in total. The number of aryl methyl sites for hydroxylation is 1. The molecule has 0 aliphatic heterocycles. The Hall–Kier alpha value is -1.81. The van der Waals surface area contributed by atoms with Gasteiger partial charge in [0.25, 0.3) is 0 Å². The first-order chi connectivity index (χ1) is 7.74. The van der Waals surface area contributed by atoms with Gasteiger partial charge in [-0.3, -0.25) is 4.79 Å². The summed E-state index contributed by atoms with van der Waals surface area (Å²) in [7, 11) is 1.83. The second kappa shape index (κ2) is 4.37. The summed E-state index contributed by atoms with van der Waals surface area (Å²) in [5, 5.41) is 9.36. The molecule has 2 aromatic rings. The van der Waals surface area contributed by atoms with Gasteiger partial charge < -0.3 is 14.4 Å². The predicted molar refractivity (Wildman–Crippen MR) is 61.8 cm³/mol. The Morgan fingerprint density at radius 2 is 2.12 bits per heavy atom. The molecular weight excluding hydrogens is 206 g/mol. The lowest BCUT2D eigenvalue weighted by molar-refractivity contribution is 0.193. The molecule has 1 aromatic carbocycles. The van der Waals surface area contributed by atoms with Gasteiger partial charge >= 0.3 is 0 Å². The van der Waals surface area contributed by atoms with Crippen molar-refractivity contribution in [1.82, 2.24) is 4.57 Å². The van der Waals surface area contributed by atoms with Gasteiger partial charge in [0, 0.05) is 18.5 Å². The molecule has 0 aliphatic carbocycles. The van der Waals surface area contributed by atoms with Gasteiger partial charge in [0.1, 0.15) is 6.61 Å². The zero-order chi connectivity index (χ0) is 11.5. The van der Waals surface area contributed by atoms with E-state index >= 15 is 0 Å². The minimum absolute atomic E-state index is 0.0679. The number of aliphatic hydroxyl groups is 1. The first-order valence-electron chi connectivity index (χ1n) is 5.06. The number of hydrogen-bond donors (Lipinski definition) is 1. The fraction of sp³-hybridized carbons (Fsp3) is 0.250. The van der Waals surface area contributed by atoms with E-state index in [2.05, 4.69) is 0 Å². The smallest absolute Gasteiger partial charge is 0.197 e. The first kappa shape index (κ1) is 10.7. The highest BCUT2D eigenvalue weighted by molar-refractivity contribution is 5.79. The van der Waals surface area contributed by atoms with Crippen molar-refractivity contribution >= 4 is 10.9 Å². The van der Waals surface area contributed by atoms with Crippen molar-refractivity contribution in [3.63, 3.8) is 0 Å². The van der Waals surface area contributed by atoms with Gasteiger partial charge in [0.05, 0.1) is 12.1 Å². The molecule has 2 rings (SSSR count). The number of rotatable bonds is 3. The molecule has 4 nitrogen and oxygen atoms in total. The largest absolute Gasteiger partial charge is 0.476 e. The normalized spacial score (nSPS) is 10.6. The summed E-state index contributed by atoms with van der Waals surface area (Å²) >= 11 is 0. The SMILES string of the molecule is Cn1c(OCCO)cc(=O)c2ccccc21. The summed E-state index contributed by atoms with van der Waals surface area (Å²) < 4.78 is 7.09. The number of benzene rings is 1. The topological polar surface area (TPSA) is 51.5 Å². The van der Waals surface area contributed by atoms with E-state index in [1.807, 2.05) is 25.2 Å². The van der Waals surface area contributed by atoms with Crippen molar-refractivity contribution in [2.75, 3.05) is 13.2 Å². The molecule has 0 bridgehead atoms. The number of hydrogen-bond acceptors (Lipinski definition) is 3. The van der Waals surface area contributed by atoms with Crippen LogP contribution in [0.5, 0.6) is 5.88 Å². The number of para-hydroxylation sites is 1. The van der Waals surface area contributed by atoms with Crippen LogP contribution in [0.3, 0.4) is 0 Å².